The maximum absolute atomic E-state index is 14.2. The first-order valence-corrected chi connectivity index (χ1v) is 9.06. The summed E-state index contributed by atoms with van der Waals surface area (Å²) >= 11 is 0. The van der Waals surface area contributed by atoms with Crippen molar-refractivity contribution in [1.82, 2.24) is 0 Å². The first kappa shape index (κ1) is 20.5. The molecule has 0 N–H and O–H groups in total. The van der Waals surface area contributed by atoms with Crippen LogP contribution in [0.25, 0.3) is 0 Å². The van der Waals surface area contributed by atoms with Gasteiger partial charge in [-0.3, -0.25) is 0 Å². The Bertz CT molecular complexity index is 757. The van der Waals surface area contributed by atoms with Gasteiger partial charge in [-0.25, -0.2) is 17.6 Å². The quantitative estimate of drug-likeness (QED) is 0.468. The average Bonchev–Trinajstić information content (AvgIpc) is 2.56. The number of hydrogen-bond donors (Lipinski definition) is 0. The Labute approximate surface area is 153 Å². The maximum Gasteiger partial charge on any atom is 0.162 e. The molecule has 0 saturated heterocycles. The van der Waals surface area contributed by atoms with E-state index >= 15 is 0 Å². The molecule has 0 saturated carbocycles. The van der Waals surface area contributed by atoms with Crippen LogP contribution in [-0.4, -0.2) is 0 Å². The molecule has 2 atom stereocenters. The van der Waals surface area contributed by atoms with E-state index in [-0.39, 0.29) is 28.9 Å². The molecule has 0 aromatic heterocycles. The van der Waals surface area contributed by atoms with Gasteiger partial charge in [-0.05, 0) is 66.3 Å². The monoisotopic (exact) mass is 366 g/mol. The van der Waals surface area contributed by atoms with E-state index < -0.39 is 23.3 Å². The van der Waals surface area contributed by atoms with E-state index in [1.807, 2.05) is 13.8 Å². The van der Waals surface area contributed by atoms with E-state index in [2.05, 4.69) is 0 Å². The van der Waals surface area contributed by atoms with Crippen LogP contribution in [0.3, 0.4) is 0 Å². The molecule has 2 unspecified atom stereocenters. The van der Waals surface area contributed by atoms with Crippen molar-refractivity contribution in [2.45, 2.75) is 65.2 Å². The minimum absolute atomic E-state index is 0.0824. The molecule has 26 heavy (non-hydrogen) atoms. The molecular formula is C22H26F4. The molecule has 142 valence electrons. The molecule has 0 fully saturated rings. The third-order valence-electron chi connectivity index (χ3n) is 5.12. The molecule has 0 aliphatic rings. The van der Waals surface area contributed by atoms with Crippen LogP contribution in [0.1, 0.15) is 80.5 Å². The van der Waals surface area contributed by atoms with Gasteiger partial charge in [0, 0.05) is 5.56 Å². The van der Waals surface area contributed by atoms with E-state index in [1.165, 1.54) is 19.1 Å². The van der Waals surface area contributed by atoms with Crippen LogP contribution < -0.4 is 0 Å². The summed E-state index contributed by atoms with van der Waals surface area (Å²) in [4.78, 5) is 0. The fourth-order valence-electron chi connectivity index (χ4n) is 3.30. The Morgan fingerprint density at radius 2 is 1.31 bits per heavy atom. The van der Waals surface area contributed by atoms with Crippen molar-refractivity contribution in [2.24, 2.45) is 0 Å². The third-order valence-corrected chi connectivity index (χ3v) is 5.12. The van der Waals surface area contributed by atoms with E-state index in [0.717, 1.165) is 0 Å². The topological polar surface area (TPSA) is 0 Å². The summed E-state index contributed by atoms with van der Waals surface area (Å²) in [5, 5.41) is 0. The second-order valence-corrected chi connectivity index (χ2v) is 7.53. The van der Waals surface area contributed by atoms with Gasteiger partial charge in [0.15, 0.2) is 11.6 Å². The molecule has 4 heteroatoms. The summed E-state index contributed by atoms with van der Waals surface area (Å²) in [6, 6.07) is 5.96. The van der Waals surface area contributed by atoms with E-state index in [4.69, 9.17) is 0 Å². The first-order valence-electron chi connectivity index (χ1n) is 9.06. The van der Waals surface area contributed by atoms with Crippen LogP contribution >= 0.6 is 0 Å². The SMILES string of the molecule is Cc1ccc(C(C)CCC(C)c2cc(F)c(C(C)C)c(F)c2)c(F)c1F. The zero-order valence-electron chi connectivity index (χ0n) is 16.0. The second kappa shape index (κ2) is 8.24. The van der Waals surface area contributed by atoms with Gasteiger partial charge < -0.3 is 0 Å². The summed E-state index contributed by atoms with van der Waals surface area (Å²) in [7, 11) is 0. The predicted octanol–water partition coefficient (Wildman–Crippen LogP) is 7.36. The lowest BCUT2D eigenvalue weighted by atomic mass is 9.87. The number of halogens is 4. The molecule has 0 spiro atoms. The van der Waals surface area contributed by atoms with E-state index in [9.17, 15) is 17.6 Å². The average molecular weight is 366 g/mol. The van der Waals surface area contributed by atoms with Crippen molar-refractivity contribution >= 4 is 0 Å². The van der Waals surface area contributed by atoms with Gasteiger partial charge >= 0.3 is 0 Å². The highest BCUT2D eigenvalue weighted by atomic mass is 19.2. The predicted molar refractivity (Wildman–Crippen MR) is 97.6 cm³/mol. The molecule has 0 amide bonds. The van der Waals surface area contributed by atoms with Crippen LogP contribution in [0.15, 0.2) is 24.3 Å². The van der Waals surface area contributed by atoms with Gasteiger partial charge in [0.1, 0.15) is 11.6 Å². The van der Waals surface area contributed by atoms with Crippen LogP contribution in [-0.2, 0) is 0 Å². The molecule has 0 radical (unpaired) electrons. The largest absolute Gasteiger partial charge is 0.207 e. The third kappa shape index (κ3) is 4.28. The lowest BCUT2D eigenvalue weighted by Crippen LogP contribution is -2.05. The Hall–Kier alpha value is -1.84. The number of rotatable bonds is 6. The highest BCUT2D eigenvalue weighted by Crippen LogP contribution is 2.32. The summed E-state index contributed by atoms with van der Waals surface area (Å²) < 4.78 is 56.2. The van der Waals surface area contributed by atoms with E-state index in [1.54, 1.807) is 26.0 Å². The Balaban J connectivity index is 2.11. The van der Waals surface area contributed by atoms with Gasteiger partial charge in [-0.15, -0.1) is 0 Å². The second-order valence-electron chi connectivity index (χ2n) is 7.53. The number of hydrogen-bond acceptors (Lipinski definition) is 0. The summed E-state index contributed by atoms with van der Waals surface area (Å²) in [6.45, 7) is 8.76. The van der Waals surface area contributed by atoms with Crippen LogP contribution in [0.2, 0.25) is 0 Å². The van der Waals surface area contributed by atoms with Crippen LogP contribution in [0, 0.1) is 30.2 Å². The minimum atomic E-state index is -0.809. The highest BCUT2D eigenvalue weighted by Gasteiger charge is 2.20. The zero-order valence-corrected chi connectivity index (χ0v) is 16.0. The van der Waals surface area contributed by atoms with Gasteiger partial charge in [0.2, 0.25) is 0 Å². The first-order chi connectivity index (χ1) is 12.1. The van der Waals surface area contributed by atoms with Crippen molar-refractivity contribution < 1.29 is 17.6 Å². The Kier molecular flexibility index (Phi) is 6.48. The lowest BCUT2D eigenvalue weighted by molar-refractivity contribution is 0.474. The summed E-state index contributed by atoms with van der Waals surface area (Å²) in [6.07, 6.45) is 1.21. The molecule has 0 heterocycles. The molecular weight excluding hydrogens is 340 g/mol. The van der Waals surface area contributed by atoms with Gasteiger partial charge in [0.05, 0.1) is 0 Å². The van der Waals surface area contributed by atoms with Gasteiger partial charge in [-0.1, -0.05) is 39.8 Å². The van der Waals surface area contributed by atoms with Crippen LogP contribution in [0.4, 0.5) is 17.6 Å². The van der Waals surface area contributed by atoms with Crippen molar-refractivity contribution in [3.63, 3.8) is 0 Å². The zero-order chi connectivity index (χ0) is 19.6. The number of aryl methyl sites for hydroxylation is 1. The molecule has 0 aliphatic carbocycles. The highest BCUT2D eigenvalue weighted by molar-refractivity contribution is 5.31. The summed E-state index contributed by atoms with van der Waals surface area (Å²) in [5.41, 5.74) is 1.31. The van der Waals surface area contributed by atoms with Gasteiger partial charge in [0.25, 0.3) is 0 Å². The molecule has 0 bridgehead atoms. The molecule has 0 nitrogen and oxygen atoms in total. The minimum Gasteiger partial charge on any atom is -0.207 e. The maximum atomic E-state index is 14.2. The van der Waals surface area contributed by atoms with Gasteiger partial charge in [-0.2, -0.15) is 0 Å². The standard InChI is InChI=1S/C22H26F4/c1-12(2)20-18(23)10-16(11-19(20)24)13(3)6-7-14(4)17-9-8-15(5)21(25)22(17)26/h8-14H,6-7H2,1-5H3. The Morgan fingerprint density at radius 3 is 1.85 bits per heavy atom. The lowest BCUT2D eigenvalue weighted by Gasteiger charge is -2.19. The summed E-state index contributed by atoms with van der Waals surface area (Å²) in [5.74, 6) is -3.15. The molecule has 0 aliphatic heterocycles. The van der Waals surface area contributed by atoms with Crippen molar-refractivity contribution in [1.29, 1.82) is 0 Å². The smallest absolute Gasteiger partial charge is 0.162 e. The van der Waals surface area contributed by atoms with E-state index in [0.29, 0.717) is 24.0 Å². The molecule has 2 rings (SSSR count). The fraction of sp³-hybridized carbons (Fsp3) is 0.455. The molecule has 2 aromatic carbocycles. The van der Waals surface area contributed by atoms with Crippen molar-refractivity contribution in [3.8, 4) is 0 Å². The van der Waals surface area contributed by atoms with Crippen molar-refractivity contribution in [2.75, 3.05) is 0 Å². The number of benzene rings is 2. The Morgan fingerprint density at radius 1 is 0.769 bits per heavy atom. The van der Waals surface area contributed by atoms with Crippen LogP contribution in [0.5, 0.6) is 0 Å². The van der Waals surface area contributed by atoms with Crippen molar-refractivity contribution in [3.05, 3.63) is 69.8 Å². The fourth-order valence-corrected chi connectivity index (χ4v) is 3.30. The molecule has 2 aromatic rings. The normalized spacial score (nSPS) is 13.9.